The van der Waals surface area contributed by atoms with Crippen LogP contribution in [0.3, 0.4) is 0 Å². The number of likely N-dealkylation sites (tertiary alicyclic amines) is 1. The Labute approximate surface area is 177 Å². The van der Waals surface area contributed by atoms with E-state index in [9.17, 15) is 9.59 Å². The maximum Gasteiger partial charge on any atom is 0.290 e. The summed E-state index contributed by atoms with van der Waals surface area (Å²) in [6, 6.07) is 2.02. The second-order valence-electron chi connectivity index (χ2n) is 7.92. The summed E-state index contributed by atoms with van der Waals surface area (Å²) < 4.78 is 5.38. The molecule has 1 aromatic heterocycles. The Kier molecular flexibility index (Phi) is 9.04. The highest BCUT2D eigenvalue weighted by molar-refractivity contribution is 5.89. The van der Waals surface area contributed by atoms with Gasteiger partial charge in [0.2, 0.25) is 11.8 Å². The molecular formula is C21H32N4O5. The van der Waals surface area contributed by atoms with Gasteiger partial charge in [0.05, 0.1) is 11.6 Å². The predicted octanol–water partition coefficient (Wildman–Crippen LogP) is 1.57. The highest BCUT2D eigenvalue weighted by Crippen LogP contribution is 2.21. The molecule has 0 aliphatic carbocycles. The first kappa shape index (κ1) is 23.6. The average Bonchev–Trinajstić information content (AvgIpc) is 3.24. The lowest BCUT2D eigenvalue weighted by Gasteiger charge is -2.24. The molecule has 3 heterocycles. The zero-order valence-electron chi connectivity index (χ0n) is 17.8. The average molecular weight is 421 g/mol. The number of hydrogen-bond acceptors (Lipinski definition) is 6. The van der Waals surface area contributed by atoms with Gasteiger partial charge >= 0.3 is 0 Å². The van der Waals surface area contributed by atoms with Gasteiger partial charge in [-0.15, -0.1) is 6.58 Å². The van der Waals surface area contributed by atoms with E-state index in [1.165, 1.54) is 0 Å². The van der Waals surface area contributed by atoms with Gasteiger partial charge in [0, 0.05) is 64.2 Å². The van der Waals surface area contributed by atoms with E-state index in [1.54, 1.807) is 11.0 Å². The monoisotopic (exact) mass is 420 g/mol. The maximum atomic E-state index is 12.9. The van der Waals surface area contributed by atoms with Gasteiger partial charge < -0.3 is 19.4 Å². The van der Waals surface area contributed by atoms with Crippen molar-refractivity contribution in [2.75, 3.05) is 39.3 Å². The minimum Gasteiger partial charge on any atom is -0.483 e. The lowest BCUT2D eigenvalue weighted by molar-refractivity contribution is -0.135. The van der Waals surface area contributed by atoms with Gasteiger partial charge in [0.25, 0.3) is 6.47 Å². The smallest absolute Gasteiger partial charge is 0.290 e. The molecule has 2 fully saturated rings. The first-order valence-electron chi connectivity index (χ1n) is 10.3. The molecule has 0 aromatic carbocycles. The van der Waals surface area contributed by atoms with Gasteiger partial charge in [-0.3, -0.25) is 19.3 Å². The summed E-state index contributed by atoms with van der Waals surface area (Å²) in [6.45, 7) is 12.6. The lowest BCUT2D eigenvalue weighted by atomic mass is 10.1. The predicted molar refractivity (Wildman–Crippen MR) is 111 cm³/mol. The summed E-state index contributed by atoms with van der Waals surface area (Å²) in [7, 11) is 0. The van der Waals surface area contributed by atoms with Crippen molar-refractivity contribution in [1.82, 2.24) is 19.9 Å². The van der Waals surface area contributed by atoms with Crippen molar-refractivity contribution in [3.8, 4) is 0 Å². The molecule has 1 atom stereocenters. The van der Waals surface area contributed by atoms with E-state index < -0.39 is 0 Å². The first-order chi connectivity index (χ1) is 14.4. The van der Waals surface area contributed by atoms with E-state index in [0.717, 1.165) is 44.1 Å². The number of aromatic nitrogens is 1. The van der Waals surface area contributed by atoms with E-state index in [-0.39, 0.29) is 24.2 Å². The van der Waals surface area contributed by atoms with E-state index in [2.05, 4.69) is 30.5 Å². The molecule has 1 unspecified atom stereocenters. The normalized spacial score (nSPS) is 20.0. The number of amides is 2. The zero-order valence-corrected chi connectivity index (χ0v) is 17.8. The first-order valence-corrected chi connectivity index (χ1v) is 10.3. The van der Waals surface area contributed by atoms with Crippen LogP contribution in [0, 0.1) is 5.92 Å². The Morgan fingerprint density at radius 1 is 1.37 bits per heavy atom. The minimum atomic E-state index is -0.250. The fraction of sp³-hybridized carbons (Fsp3) is 0.619. The number of carboxylic acid groups (broad SMARTS) is 1. The van der Waals surface area contributed by atoms with Crippen LogP contribution in [0.4, 0.5) is 0 Å². The fourth-order valence-electron chi connectivity index (χ4n) is 3.78. The molecule has 2 amide bonds. The number of hydrogen-bond donors (Lipinski definition) is 1. The zero-order chi connectivity index (χ0) is 22.1. The summed E-state index contributed by atoms with van der Waals surface area (Å²) in [4.78, 5) is 39.2. The van der Waals surface area contributed by atoms with E-state index in [4.69, 9.17) is 14.4 Å². The minimum absolute atomic E-state index is 0.0525. The lowest BCUT2D eigenvalue weighted by Crippen LogP contribution is -2.39. The van der Waals surface area contributed by atoms with Crippen molar-refractivity contribution in [2.24, 2.45) is 5.92 Å². The van der Waals surface area contributed by atoms with Gasteiger partial charge in [0.15, 0.2) is 0 Å². The van der Waals surface area contributed by atoms with Gasteiger partial charge in [0.1, 0.15) is 5.76 Å². The fourth-order valence-corrected chi connectivity index (χ4v) is 3.78. The van der Waals surface area contributed by atoms with Crippen LogP contribution in [0.1, 0.15) is 44.1 Å². The van der Waals surface area contributed by atoms with Crippen LogP contribution in [0.15, 0.2) is 23.2 Å². The largest absolute Gasteiger partial charge is 0.483 e. The summed E-state index contributed by atoms with van der Waals surface area (Å²) in [6.07, 6.45) is 2.96. The number of nitrogens with zero attached hydrogens (tertiary/aromatic N) is 4. The second-order valence-corrected chi connectivity index (χ2v) is 7.92. The molecule has 0 radical (unpaired) electrons. The Hall–Kier alpha value is -2.68. The molecule has 2 aliphatic heterocycles. The summed E-state index contributed by atoms with van der Waals surface area (Å²) in [5, 5.41) is 11.1. The Bertz CT molecular complexity index is 733. The van der Waals surface area contributed by atoms with Crippen molar-refractivity contribution in [1.29, 1.82) is 0 Å². The molecule has 166 valence electrons. The summed E-state index contributed by atoms with van der Waals surface area (Å²) >= 11 is 0. The Morgan fingerprint density at radius 2 is 2.10 bits per heavy atom. The molecule has 0 bridgehead atoms. The van der Waals surface area contributed by atoms with Crippen LogP contribution in [-0.2, 0) is 20.9 Å². The number of carbonyl (C=O) groups excluding carboxylic acids is 2. The van der Waals surface area contributed by atoms with E-state index in [1.807, 2.05) is 11.0 Å². The quantitative estimate of drug-likeness (QED) is 0.550. The van der Waals surface area contributed by atoms with Crippen LogP contribution >= 0.6 is 0 Å². The van der Waals surface area contributed by atoms with E-state index >= 15 is 0 Å². The highest BCUT2D eigenvalue weighted by Gasteiger charge is 2.36. The molecule has 3 rings (SSSR count). The summed E-state index contributed by atoms with van der Waals surface area (Å²) in [5.41, 5.74) is 0.944. The Morgan fingerprint density at radius 3 is 2.73 bits per heavy atom. The van der Waals surface area contributed by atoms with Crippen molar-refractivity contribution >= 4 is 18.3 Å². The van der Waals surface area contributed by atoms with Crippen LogP contribution in [0.5, 0.6) is 0 Å². The molecular weight excluding hydrogens is 388 g/mol. The topological polar surface area (TPSA) is 107 Å². The molecule has 0 spiro atoms. The third-order valence-electron chi connectivity index (χ3n) is 5.35. The molecule has 0 saturated carbocycles. The van der Waals surface area contributed by atoms with Crippen molar-refractivity contribution in [3.05, 3.63) is 30.2 Å². The van der Waals surface area contributed by atoms with Crippen LogP contribution in [-0.4, -0.2) is 82.5 Å². The maximum absolute atomic E-state index is 12.9. The van der Waals surface area contributed by atoms with Gasteiger partial charge in [-0.25, -0.2) is 0 Å². The van der Waals surface area contributed by atoms with E-state index in [0.29, 0.717) is 32.0 Å². The standard InChI is InChI=1S/C20H30N4O3.CH2O2/c1-4-6-24-13-16(11-19(24)25)20(26)23-8-5-7-22(9-10-23)14-17-12-18(15(2)3)27-21-17;2-1-3/h4,12,15-16H,1,5-11,13-14H2,2-3H3;1H,(H,2,3). The molecule has 2 saturated heterocycles. The second kappa shape index (κ2) is 11.5. The van der Waals surface area contributed by atoms with Crippen molar-refractivity contribution in [3.63, 3.8) is 0 Å². The SMILES string of the molecule is C=CCN1CC(C(=O)N2CCCN(Cc3cc(C(C)C)on3)CC2)CC1=O.O=CO. The molecule has 9 heteroatoms. The molecule has 1 aromatic rings. The highest BCUT2D eigenvalue weighted by atomic mass is 16.5. The molecule has 1 N–H and O–H groups in total. The van der Waals surface area contributed by atoms with Gasteiger partial charge in [-0.2, -0.15) is 0 Å². The molecule has 2 aliphatic rings. The van der Waals surface area contributed by atoms with Gasteiger partial charge in [-0.1, -0.05) is 25.1 Å². The van der Waals surface area contributed by atoms with Gasteiger partial charge in [-0.05, 0) is 6.42 Å². The number of rotatable bonds is 6. The third-order valence-corrected chi connectivity index (χ3v) is 5.35. The Balaban J connectivity index is 0.00000101. The van der Waals surface area contributed by atoms with Crippen LogP contribution in [0.2, 0.25) is 0 Å². The number of carbonyl (C=O) groups is 3. The van der Waals surface area contributed by atoms with Crippen molar-refractivity contribution < 1.29 is 24.0 Å². The van der Waals surface area contributed by atoms with Crippen LogP contribution < -0.4 is 0 Å². The molecule has 9 nitrogen and oxygen atoms in total. The van der Waals surface area contributed by atoms with Crippen molar-refractivity contribution in [2.45, 2.75) is 39.2 Å². The third kappa shape index (κ3) is 6.41. The summed E-state index contributed by atoms with van der Waals surface area (Å²) in [5.74, 6) is 1.19. The van der Waals surface area contributed by atoms with Crippen LogP contribution in [0.25, 0.3) is 0 Å². The molecule has 30 heavy (non-hydrogen) atoms.